The van der Waals surface area contributed by atoms with Gasteiger partial charge in [0.1, 0.15) is 0 Å². The summed E-state index contributed by atoms with van der Waals surface area (Å²) in [6.07, 6.45) is 1.17. The fourth-order valence-electron chi connectivity index (χ4n) is 2.99. The molecule has 0 radical (unpaired) electrons. The molecule has 0 aliphatic carbocycles. The maximum Gasteiger partial charge on any atom is 0.221 e. The highest BCUT2D eigenvalue weighted by atomic mass is 16.1. The fraction of sp³-hybridized carbons (Fsp3) is 0.588. The lowest BCUT2D eigenvalue weighted by Crippen LogP contribution is -2.45. The molecule has 4 nitrogen and oxygen atoms in total. The van der Waals surface area contributed by atoms with Crippen LogP contribution in [0.15, 0.2) is 18.2 Å². The number of piperidine rings is 1. The summed E-state index contributed by atoms with van der Waals surface area (Å²) in [5, 5.41) is 6.53. The number of carbonyl (C=O) groups is 1. The average Bonchev–Trinajstić information content (AvgIpc) is 2.44. The van der Waals surface area contributed by atoms with Crippen molar-refractivity contribution in [1.29, 1.82) is 0 Å². The number of anilines is 2. The number of carbonyl (C=O) groups excluding carboxylic acids is 1. The third kappa shape index (κ3) is 4.21. The molecule has 116 valence electrons. The molecule has 1 aliphatic heterocycles. The number of nitrogens with zero attached hydrogens (tertiary/aromatic N) is 1. The minimum atomic E-state index is -0.0329. The van der Waals surface area contributed by atoms with Crippen molar-refractivity contribution < 1.29 is 4.79 Å². The van der Waals surface area contributed by atoms with E-state index in [1.165, 1.54) is 18.9 Å². The lowest BCUT2D eigenvalue weighted by molar-refractivity contribution is -0.114. The van der Waals surface area contributed by atoms with Crippen molar-refractivity contribution in [2.45, 2.75) is 40.2 Å². The van der Waals surface area contributed by atoms with Crippen molar-refractivity contribution in [3.63, 3.8) is 0 Å². The molecular weight excluding hydrogens is 262 g/mol. The highest BCUT2D eigenvalue weighted by molar-refractivity contribution is 5.89. The zero-order valence-corrected chi connectivity index (χ0v) is 13.6. The molecule has 0 saturated carbocycles. The van der Waals surface area contributed by atoms with Gasteiger partial charge in [-0.15, -0.1) is 0 Å². The number of nitrogens with one attached hydrogen (secondary N) is 2. The number of aryl methyl sites for hydroxylation is 1. The van der Waals surface area contributed by atoms with Gasteiger partial charge in [0.25, 0.3) is 0 Å². The number of hydrogen-bond acceptors (Lipinski definition) is 3. The van der Waals surface area contributed by atoms with E-state index in [-0.39, 0.29) is 5.91 Å². The molecule has 1 fully saturated rings. The van der Waals surface area contributed by atoms with Crippen LogP contribution in [0.5, 0.6) is 0 Å². The molecule has 0 bridgehead atoms. The molecular formula is C17H27N3O. The first-order valence-corrected chi connectivity index (χ1v) is 7.86. The van der Waals surface area contributed by atoms with Crippen molar-refractivity contribution >= 4 is 17.3 Å². The van der Waals surface area contributed by atoms with E-state index in [1.54, 1.807) is 0 Å². The molecule has 0 unspecified atom stereocenters. The van der Waals surface area contributed by atoms with E-state index in [0.29, 0.717) is 12.0 Å². The van der Waals surface area contributed by atoms with Crippen molar-refractivity contribution in [2.75, 3.05) is 30.3 Å². The third-order valence-corrected chi connectivity index (χ3v) is 4.34. The second-order valence-corrected chi connectivity index (χ2v) is 6.12. The monoisotopic (exact) mass is 289 g/mol. The van der Waals surface area contributed by atoms with Gasteiger partial charge < -0.3 is 15.5 Å². The smallest absolute Gasteiger partial charge is 0.221 e. The molecule has 1 aromatic rings. The summed E-state index contributed by atoms with van der Waals surface area (Å²) < 4.78 is 0. The van der Waals surface area contributed by atoms with Crippen LogP contribution in [0, 0.1) is 12.8 Å². The second kappa shape index (κ2) is 6.94. The molecule has 21 heavy (non-hydrogen) atoms. The van der Waals surface area contributed by atoms with Gasteiger partial charge in [-0.3, -0.25) is 4.79 Å². The number of likely N-dealkylation sites (tertiary alicyclic amines) is 1. The molecule has 1 amide bonds. The van der Waals surface area contributed by atoms with E-state index in [4.69, 9.17) is 0 Å². The second-order valence-electron chi connectivity index (χ2n) is 6.12. The standard InChI is InChI=1S/C17H27N3O/c1-5-20-9-8-16(13(3)11-20)19-17-10-15(18-14(4)21)7-6-12(17)2/h6-7,10,13,16,19H,5,8-9,11H2,1-4H3,(H,18,21)/t13-,16-/m0/s1. The average molecular weight is 289 g/mol. The van der Waals surface area contributed by atoms with Crippen molar-refractivity contribution in [1.82, 2.24) is 4.90 Å². The van der Waals surface area contributed by atoms with E-state index in [1.807, 2.05) is 12.1 Å². The lowest BCUT2D eigenvalue weighted by Gasteiger charge is -2.37. The molecule has 0 aromatic heterocycles. The van der Waals surface area contributed by atoms with Crippen LogP contribution in [0.1, 0.15) is 32.8 Å². The van der Waals surface area contributed by atoms with Crippen molar-refractivity contribution in [3.8, 4) is 0 Å². The van der Waals surface area contributed by atoms with Crippen LogP contribution in [0.2, 0.25) is 0 Å². The Morgan fingerprint density at radius 1 is 1.43 bits per heavy atom. The fourth-order valence-corrected chi connectivity index (χ4v) is 2.99. The Labute approximate surface area is 127 Å². The summed E-state index contributed by atoms with van der Waals surface area (Å²) in [4.78, 5) is 13.7. The van der Waals surface area contributed by atoms with E-state index in [0.717, 1.165) is 31.0 Å². The van der Waals surface area contributed by atoms with Gasteiger partial charge in [0.15, 0.2) is 0 Å². The zero-order chi connectivity index (χ0) is 15.4. The Bertz CT molecular complexity index is 501. The van der Waals surface area contributed by atoms with E-state index in [9.17, 15) is 4.79 Å². The number of benzene rings is 1. The molecule has 1 aromatic carbocycles. The van der Waals surface area contributed by atoms with E-state index >= 15 is 0 Å². The molecule has 2 rings (SSSR count). The first-order valence-electron chi connectivity index (χ1n) is 7.86. The van der Waals surface area contributed by atoms with E-state index < -0.39 is 0 Å². The SMILES string of the molecule is CCN1CC[C@H](Nc2cc(NC(C)=O)ccc2C)[C@@H](C)C1. The van der Waals surface area contributed by atoms with Gasteiger partial charge >= 0.3 is 0 Å². The van der Waals surface area contributed by atoms with E-state index in [2.05, 4.69) is 42.4 Å². The molecule has 1 aliphatic rings. The largest absolute Gasteiger partial charge is 0.382 e. The predicted molar refractivity (Wildman–Crippen MR) is 88.8 cm³/mol. The highest BCUT2D eigenvalue weighted by Crippen LogP contribution is 2.25. The molecule has 0 spiro atoms. The van der Waals surface area contributed by atoms with Crippen LogP contribution in [0.25, 0.3) is 0 Å². The highest BCUT2D eigenvalue weighted by Gasteiger charge is 2.25. The summed E-state index contributed by atoms with van der Waals surface area (Å²) in [6, 6.07) is 6.54. The minimum Gasteiger partial charge on any atom is -0.382 e. The summed E-state index contributed by atoms with van der Waals surface area (Å²) >= 11 is 0. The van der Waals surface area contributed by atoms with Gasteiger partial charge in [-0.2, -0.15) is 0 Å². The Balaban J connectivity index is 2.06. The number of amides is 1. The summed E-state index contributed by atoms with van der Waals surface area (Å²) in [5.74, 6) is 0.594. The normalized spacial score (nSPS) is 22.9. The first-order chi connectivity index (χ1) is 9.99. The topological polar surface area (TPSA) is 44.4 Å². The van der Waals surface area contributed by atoms with Crippen molar-refractivity contribution in [2.24, 2.45) is 5.92 Å². The predicted octanol–water partition coefficient (Wildman–Crippen LogP) is 3.10. The van der Waals surface area contributed by atoms with Crippen LogP contribution in [-0.4, -0.2) is 36.5 Å². The number of rotatable bonds is 4. The Morgan fingerprint density at radius 2 is 2.19 bits per heavy atom. The first kappa shape index (κ1) is 15.8. The van der Waals surface area contributed by atoms with Gasteiger partial charge in [0, 0.05) is 37.4 Å². The van der Waals surface area contributed by atoms with Gasteiger partial charge in [0.05, 0.1) is 0 Å². The van der Waals surface area contributed by atoms with Gasteiger partial charge in [-0.25, -0.2) is 0 Å². The van der Waals surface area contributed by atoms with Crippen LogP contribution in [0.3, 0.4) is 0 Å². The number of hydrogen-bond donors (Lipinski definition) is 2. The van der Waals surface area contributed by atoms with Crippen molar-refractivity contribution in [3.05, 3.63) is 23.8 Å². The summed E-state index contributed by atoms with van der Waals surface area (Å²) in [6.45, 7) is 11.6. The Kier molecular flexibility index (Phi) is 5.23. The Morgan fingerprint density at radius 3 is 2.81 bits per heavy atom. The molecule has 2 atom stereocenters. The molecule has 1 saturated heterocycles. The molecule has 2 N–H and O–H groups in total. The maximum atomic E-state index is 11.2. The zero-order valence-electron chi connectivity index (χ0n) is 13.6. The van der Waals surface area contributed by atoms with Gasteiger partial charge in [-0.1, -0.05) is 19.9 Å². The minimum absolute atomic E-state index is 0.0329. The maximum absolute atomic E-state index is 11.2. The van der Waals surface area contributed by atoms with Crippen LogP contribution >= 0.6 is 0 Å². The third-order valence-electron chi connectivity index (χ3n) is 4.34. The van der Waals surface area contributed by atoms with Crippen LogP contribution in [0.4, 0.5) is 11.4 Å². The van der Waals surface area contributed by atoms with Crippen LogP contribution in [-0.2, 0) is 4.79 Å². The lowest BCUT2D eigenvalue weighted by atomic mass is 9.93. The molecule has 4 heteroatoms. The summed E-state index contributed by atoms with van der Waals surface area (Å²) in [5.41, 5.74) is 3.20. The molecule has 1 heterocycles. The van der Waals surface area contributed by atoms with Crippen LogP contribution < -0.4 is 10.6 Å². The summed E-state index contributed by atoms with van der Waals surface area (Å²) in [7, 11) is 0. The quantitative estimate of drug-likeness (QED) is 0.895. The van der Waals surface area contributed by atoms with Gasteiger partial charge in [-0.05, 0) is 43.5 Å². The Hall–Kier alpha value is -1.55. The van der Waals surface area contributed by atoms with Gasteiger partial charge in [0.2, 0.25) is 5.91 Å².